The van der Waals surface area contributed by atoms with Crippen molar-refractivity contribution in [3.8, 4) is 11.5 Å². The topological polar surface area (TPSA) is 112 Å². The maximum absolute atomic E-state index is 11.8. The molecule has 0 atom stereocenters. The van der Waals surface area contributed by atoms with Crippen LogP contribution >= 0.6 is 31.9 Å². The molecule has 0 aliphatic carbocycles. The molecule has 0 saturated heterocycles. The minimum atomic E-state index is -1.22. The normalized spacial score (nSPS) is 10.3. The molecule has 0 radical (unpaired) electrons. The van der Waals surface area contributed by atoms with Gasteiger partial charge in [0.25, 0.3) is 0 Å². The summed E-state index contributed by atoms with van der Waals surface area (Å²) < 4.78 is 7.47. The first-order chi connectivity index (χ1) is 20.1. The van der Waals surface area contributed by atoms with Crippen molar-refractivity contribution in [3.63, 3.8) is 0 Å². The Hall–Kier alpha value is -4.47. The van der Waals surface area contributed by atoms with E-state index in [1.165, 1.54) is 12.3 Å². The van der Waals surface area contributed by atoms with Gasteiger partial charge in [0.1, 0.15) is 17.1 Å². The molecular formula is C33H26Br2N2O5. The third-order valence-electron chi connectivity index (χ3n) is 6.15. The Bertz CT molecular complexity index is 1930. The second-order valence-corrected chi connectivity index (χ2v) is 10.9. The lowest BCUT2D eigenvalue weighted by molar-refractivity contribution is 0.0695. The summed E-state index contributed by atoms with van der Waals surface area (Å²) in [4.78, 5) is 39.8. The number of para-hydroxylation sites is 2. The number of pyridine rings is 2. The highest BCUT2D eigenvalue weighted by molar-refractivity contribution is 9.10. The SMILES string of the molecule is Cc1cc2c(=O)c(C(=O)O)c[nH]c2cc1Br.Cc1cc2c(=O)cc[nH]c2cc1Br.c1ccc(Oc2ccccc2)cc1. The molecule has 4 aromatic carbocycles. The maximum Gasteiger partial charge on any atom is 0.341 e. The maximum atomic E-state index is 11.8. The summed E-state index contributed by atoms with van der Waals surface area (Å²) in [6.07, 6.45) is 2.88. The van der Waals surface area contributed by atoms with Gasteiger partial charge in [-0.15, -0.1) is 0 Å². The van der Waals surface area contributed by atoms with Gasteiger partial charge in [-0.1, -0.05) is 68.3 Å². The highest BCUT2D eigenvalue weighted by Gasteiger charge is 2.12. The van der Waals surface area contributed by atoms with Crippen LogP contribution in [0.15, 0.2) is 122 Å². The van der Waals surface area contributed by atoms with Crippen molar-refractivity contribution in [1.29, 1.82) is 0 Å². The number of carboxylic acid groups (broad SMARTS) is 1. The first-order valence-corrected chi connectivity index (χ1v) is 14.3. The predicted octanol–water partition coefficient (Wildman–Crippen LogP) is 8.38. The molecule has 6 rings (SSSR count). The van der Waals surface area contributed by atoms with Gasteiger partial charge in [-0.3, -0.25) is 9.59 Å². The van der Waals surface area contributed by atoms with E-state index in [0.29, 0.717) is 10.9 Å². The van der Waals surface area contributed by atoms with Crippen LogP contribution < -0.4 is 15.6 Å². The van der Waals surface area contributed by atoms with Gasteiger partial charge in [0.05, 0.1) is 11.0 Å². The third-order valence-corrected chi connectivity index (χ3v) is 7.86. The van der Waals surface area contributed by atoms with Crippen LogP contribution in [0.3, 0.4) is 0 Å². The molecule has 6 aromatic rings. The van der Waals surface area contributed by atoms with E-state index in [0.717, 1.165) is 42.5 Å². The Morgan fingerprint density at radius 2 is 1.21 bits per heavy atom. The zero-order chi connectivity index (χ0) is 30.2. The van der Waals surface area contributed by atoms with Crippen LogP contribution in [0.1, 0.15) is 21.5 Å². The molecular weight excluding hydrogens is 664 g/mol. The minimum Gasteiger partial charge on any atom is -0.477 e. The number of hydrogen-bond acceptors (Lipinski definition) is 4. The van der Waals surface area contributed by atoms with Gasteiger partial charge in [0.15, 0.2) is 5.43 Å². The lowest BCUT2D eigenvalue weighted by atomic mass is 10.1. The monoisotopic (exact) mass is 688 g/mol. The molecule has 0 saturated carbocycles. The van der Waals surface area contributed by atoms with E-state index in [1.54, 1.807) is 18.3 Å². The molecule has 2 heterocycles. The summed E-state index contributed by atoms with van der Waals surface area (Å²) in [5.41, 5.74) is 2.80. The largest absolute Gasteiger partial charge is 0.477 e. The number of aromatic carboxylic acids is 1. The number of benzene rings is 4. The summed E-state index contributed by atoms with van der Waals surface area (Å²) >= 11 is 6.77. The lowest BCUT2D eigenvalue weighted by Crippen LogP contribution is -2.15. The van der Waals surface area contributed by atoms with Crippen molar-refractivity contribution in [1.82, 2.24) is 9.97 Å². The van der Waals surface area contributed by atoms with Gasteiger partial charge >= 0.3 is 5.97 Å². The van der Waals surface area contributed by atoms with E-state index in [9.17, 15) is 14.4 Å². The average molecular weight is 690 g/mol. The second-order valence-electron chi connectivity index (χ2n) is 9.20. The van der Waals surface area contributed by atoms with E-state index in [2.05, 4.69) is 41.8 Å². The van der Waals surface area contributed by atoms with E-state index < -0.39 is 11.4 Å². The van der Waals surface area contributed by atoms with Crippen molar-refractivity contribution >= 4 is 59.6 Å². The van der Waals surface area contributed by atoms with Gasteiger partial charge in [-0.2, -0.15) is 0 Å². The molecule has 212 valence electrons. The number of rotatable bonds is 3. The number of carboxylic acids is 1. The average Bonchev–Trinajstić information content (AvgIpc) is 2.97. The molecule has 0 aliphatic heterocycles. The number of ether oxygens (including phenoxy) is 1. The molecule has 42 heavy (non-hydrogen) atoms. The number of hydrogen-bond donors (Lipinski definition) is 3. The smallest absolute Gasteiger partial charge is 0.341 e. The summed E-state index contributed by atoms with van der Waals surface area (Å²) in [6.45, 7) is 3.81. The number of H-pyrrole nitrogens is 2. The Kier molecular flexibility index (Phi) is 10.1. The fourth-order valence-electron chi connectivity index (χ4n) is 3.92. The number of aromatic amines is 2. The number of carbonyl (C=O) groups is 1. The molecule has 0 unspecified atom stereocenters. The van der Waals surface area contributed by atoms with Crippen LogP contribution in [0.2, 0.25) is 0 Å². The molecule has 7 nitrogen and oxygen atoms in total. The van der Waals surface area contributed by atoms with Gasteiger partial charge in [0.2, 0.25) is 5.43 Å². The van der Waals surface area contributed by atoms with E-state index in [4.69, 9.17) is 9.84 Å². The van der Waals surface area contributed by atoms with Crippen molar-refractivity contribution in [2.75, 3.05) is 0 Å². The molecule has 3 N–H and O–H groups in total. The number of halogens is 2. The van der Waals surface area contributed by atoms with Crippen LogP contribution in [0.25, 0.3) is 21.8 Å². The van der Waals surface area contributed by atoms with Gasteiger partial charge in [-0.05, 0) is 73.5 Å². The van der Waals surface area contributed by atoms with E-state index in [-0.39, 0.29) is 11.0 Å². The molecule has 0 fully saturated rings. The fourth-order valence-corrected chi connectivity index (χ4v) is 4.61. The predicted molar refractivity (Wildman–Crippen MR) is 174 cm³/mol. The van der Waals surface area contributed by atoms with E-state index in [1.807, 2.05) is 86.6 Å². The lowest BCUT2D eigenvalue weighted by Gasteiger charge is -2.03. The Morgan fingerprint density at radius 1 is 0.714 bits per heavy atom. The van der Waals surface area contributed by atoms with Gasteiger partial charge in [0, 0.05) is 38.2 Å². The van der Waals surface area contributed by atoms with Gasteiger partial charge < -0.3 is 19.8 Å². The number of nitrogens with one attached hydrogen (secondary N) is 2. The van der Waals surface area contributed by atoms with Crippen LogP contribution in [0.5, 0.6) is 11.5 Å². The van der Waals surface area contributed by atoms with Crippen LogP contribution in [-0.4, -0.2) is 21.0 Å². The Morgan fingerprint density at radius 3 is 1.74 bits per heavy atom. The minimum absolute atomic E-state index is 0.0596. The molecule has 0 aliphatic rings. The van der Waals surface area contributed by atoms with Crippen LogP contribution in [0, 0.1) is 13.8 Å². The van der Waals surface area contributed by atoms with E-state index >= 15 is 0 Å². The van der Waals surface area contributed by atoms with Crippen molar-refractivity contribution in [3.05, 3.63) is 149 Å². The number of aromatic nitrogens is 2. The summed E-state index contributed by atoms with van der Waals surface area (Å²) in [6, 6.07) is 28.3. The molecule has 0 amide bonds. The zero-order valence-electron chi connectivity index (χ0n) is 22.7. The molecule has 2 aromatic heterocycles. The standard InChI is InChI=1S/C12H10O.C11H8BrNO3.C10H8BrNO/c1-3-7-11(8-4-1)13-12-9-5-2-6-10-12;1-5-2-6-9(3-8(5)12)13-4-7(10(6)14)11(15)16;1-6-4-7-9(5-8(6)11)12-3-2-10(7)13/h1-10H;2-4H,1H3,(H,13,14)(H,15,16);2-5H,1H3,(H,12,13). The van der Waals surface area contributed by atoms with Crippen molar-refractivity contribution < 1.29 is 14.6 Å². The molecule has 9 heteroatoms. The first-order valence-electron chi connectivity index (χ1n) is 12.7. The zero-order valence-corrected chi connectivity index (χ0v) is 25.8. The Labute approximate surface area is 258 Å². The summed E-state index contributed by atoms with van der Waals surface area (Å²) in [7, 11) is 0. The first kappa shape index (κ1) is 30.5. The highest BCUT2D eigenvalue weighted by atomic mass is 79.9. The van der Waals surface area contributed by atoms with Crippen LogP contribution in [0.4, 0.5) is 0 Å². The quantitative estimate of drug-likeness (QED) is 0.173. The second kappa shape index (κ2) is 13.9. The highest BCUT2D eigenvalue weighted by Crippen LogP contribution is 2.22. The molecule has 0 bridgehead atoms. The van der Waals surface area contributed by atoms with Crippen LogP contribution in [-0.2, 0) is 0 Å². The summed E-state index contributed by atoms with van der Waals surface area (Å²) in [5, 5.41) is 9.95. The van der Waals surface area contributed by atoms with Gasteiger partial charge in [-0.25, -0.2) is 4.79 Å². The van der Waals surface area contributed by atoms with Crippen molar-refractivity contribution in [2.45, 2.75) is 13.8 Å². The molecule has 0 spiro atoms. The summed E-state index contributed by atoms with van der Waals surface area (Å²) in [5.74, 6) is 0.520. The fraction of sp³-hybridized carbons (Fsp3) is 0.0606. The Balaban J connectivity index is 0.000000146. The number of fused-ring (bicyclic) bond motifs is 2. The third kappa shape index (κ3) is 7.63. The van der Waals surface area contributed by atoms with Crippen molar-refractivity contribution in [2.24, 2.45) is 0 Å². The number of aryl methyl sites for hydroxylation is 2.